The van der Waals surface area contributed by atoms with E-state index in [1.807, 2.05) is 10.6 Å². The first-order valence-electron chi connectivity index (χ1n) is 8.25. The van der Waals surface area contributed by atoms with Crippen LogP contribution in [0.5, 0.6) is 11.5 Å². The number of methoxy groups -OCH3 is 1. The molecule has 7 heteroatoms. The van der Waals surface area contributed by atoms with Crippen LogP contribution in [0.1, 0.15) is 42.7 Å². The van der Waals surface area contributed by atoms with E-state index < -0.39 is 11.4 Å². The molecular weight excluding hydrogens is 336 g/mol. The molecule has 0 fully saturated rings. The summed E-state index contributed by atoms with van der Waals surface area (Å²) in [5.74, 6) is 4.98. The molecule has 1 aliphatic heterocycles. The van der Waals surface area contributed by atoms with Crippen LogP contribution in [0, 0.1) is 5.41 Å². The van der Waals surface area contributed by atoms with Crippen LogP contribution < -0.4 is 20.9 Å². The average Bonchev–Trinajstić information content (AvgIpc) is 2.58. The molecule has 0 amide bonds. The molecule has 3 rings (SSSR count). The second-order valence-electron chi connectivity index (χ2n) is 7.51. The van der Waals surface area contributed by atoms with Crippen molar-refractivity contribution in [1.82, 2.24) is 4.57 Å². The number of nitrogens with zero attached hydrogens (tertiary/aromatic N) is 1. The lowest BCUT2D eigenvalue weighted by atomic mass is 9.78. The number of pyridine rings is 1. The molecule has 0 radical (unpaired) electrons. The second-order valence-corrected chi connectivity index (χ2v) is 7.51. The third-order valence-corrected chi connectivity index (χ3v) is 4.85. The SMILES string of the molecule is COc1cc2c(cc1ON)CC(C(C)(C)C)n1cc(C(=O)O)c(=O)cc1-2. The predicted molar refractivity (Wildman–Crippen MR) is 96.7 cm³/mol. The number of ether oxygens (including phenoxy) is 1. The highest BCUT2D eigenvalue weighted by Gasteiger charge is 2.34. The molecule has 1 aromatic heterocycles. The Kier molecular flexibility index (Phi) is 4.28. The number of aromatic carboxylic acids is 1. The van der Waals surface area contributed by atoms with Crippen LogP contribution in [0.4, 0.5) is 0 Å². The monoisotopic (exact) mass is 358 g/mol. The number of fused-ring (bicyclic) bond motifs is 3. The van der Waals surface area contributed by atoms with Crippen LogP contribution in [0.3, 0.4) is 0 Å². The van der Waals surface area contributed by atoms with Gasteiger partial charge < -0.3 is 19.2 Å². The molecule has 2 heterocycles. The van der Waals surface area contributed by atoms with Crippen molar-refractivity contribution < 1.29 is 19.5 Å². The van der Waals surface area contributed by atoms with E-state index in [0.29, 0.717) is 23.6 Å². The summed E-state index contributed by atoms with van der Waals surface area (Å²) in [6.07, 6.45) is 2.09. The van der Waals surface area contributed by atoms with Crippen LogP contribution in [-0.2, 0) is 6.42 Å². The number of hydrogen-bond acceptors (Lipinski definition) is 5. The van der Waals surface area contributed by atoms with E-state index in [9.17, 15) is 14.7 Å². The van der Waals surface area contributed by atoms with Gasteiger partial charge in [-0.25, -0.2) is 4.79 Å². The standard InChI is InChI=1S/C19H22N2O5/c1-19(2,3)17-6-10-5-16(26-20)15(25-4)7-11(10)13-8-14(22)12(18(23)24)9-21(13)17/h5,7-9,17H,6,20H2,1-4H3,(H,23,24). The van der Waals surface area contributed by atoms with Gasteiger partial charge in [-0.05, 0) is 29.5 Å². The minimum atomic E-state index is -1.23. The van der Waals surface area contributed by atoms with Crippen molar-refractivity contribution >= 4 is 5.97 Å². The summed E-state index contributed by atoms with van der Waals surface area (Å²) in [4.78, 5) is 28.7. The Morgan fingerprint density at radius 3 is 2.50 bits per heavy atom. The van der Waals surface area contributed by atoms with Crippen LogP contribution in [-0.4, -0.2) is 22.8 Å². The molecular formula is C19H22N2O5. The van der Waals surface area contributed by atoms with Gasteiger partial charge in [0.1, 0.15) is 5.56 Å². The minimum absolute atomic E-state index is 0.0391. The van der Waals surface area contributed by atoms with Gasteiger partial charge in [0.25, 0.3) is 0 Å². The molecule has 0 spiro atoms. The summed E-state index contributed by atoms with van der Waals surface area (Å²) < 4.78 is 7.20. The van der Waals surface area contributed by atoms with Gasteiger partial charge in [0.2, 0.25) is 0 Å². The number of rotatable bonds is 3. The van der Waals surface area contributed by atoms with Crippen molar-refractivity contribution in [3.8, 4) is 22.8 Å². The van der Waals surface area contributed by atoms with Crippen LogP contribution in [0.25, 0.3) is 11.3 Å². The highest BCUT2D eigenvalue weighted by molar-refractivity contribution is 5.88. The molecule has 0 saturated heterocycles. The number of aromatic nitrogens is 1. The maximum atomic E-state index is 12.3. The van der Waals surface area contributed by atoms with Crippen molar-refractivity contribution in [3.05, 3.63) is 45.7 Å². The molecule has 0 bridgehead atoms. The molecule has 1 unspecified atom stereocenters. The third-order valence-electron chi connectivity index (χ3n) is 4.85. The quantitative estimate of drug-likeness (QED) is 0.818. The number of carboxylic acids is 1. The molecule has 138 valence electrons. The highest BCUT2D eigenvalue weighted by atomic mass is 16.6. The molecule has 1 atom stereocenters. The zero-order chi connectivity index (χ0) is 19.2. The van der Waals surface area contributed by atoms with Crippen molar-refractivity contribution in [2.45, 2.75) is 33.2 Å². The lowest BCUT2D eigenvalue weighted by Crippen LogP contribution is -2.32. The fourth-order valence-corrected chi connectivity index (χ4v) is 3.48. The fourth-order valence-electron chi connectivity index (χ4n) is 3.48. The first-order valence-corrected chi connectivity index (χ1v) is 8.25. The molecule has 0 saturated carbocycles. The van der Waals surface area contributed by atoms with E-state index in [1.165, 1.54) is 19.4 Å². The summed E-state index contributed by atoms with van der Waals surface area (Å²) in [5.41, 5.74) is 1.50. The average molecular weight is 358 g/mol. The highest BCUT2D eigenvalue weighted by Crippen LogP contribution is 2.45. The van der Waals surface area contributed by atoms with E-state index in [0.717, 1.165) is 11.1 Å². The van der Waals surface area contributed by atoms with Gasteiger partial charge in [-0.1, -0.05) is 20.8 Å². The van der Waals surface area contributed by atoms with Crippen molar-refractivity contribution in [2.75, 3.05) is 7.11 Å². The minimum Gasteiger partial charge on any atom is -0.493 e. The summed E-state index contributed by atoms with van der Waals surface area (Å²) in [6.45, 7) is 6.23. The summed E-state index contributed by atoms with van der Waals surface area (Å²) in [6, 6.07) is 4.92. The van der Waals surface area contributed by atoms with Gasteiger partial charge in [-0.2, -0.15) is 5.90 Å². The Morgan fingerprint density at radius 1 is 1.27 bits per heavy atom. The second kappa shape index (κ2) is 6.17. The van der Waals surface area contributed by atoms with Gasteiger partial charge in [0.05, 0.1) is 12.8 Å². The molecule has 3 N–H and O–H groups in total. The third kappa shape index (κ3) is 2.84. The Bertz CT molecular complexity index is 940. The van der Waals surface area contributed by atoms with Crippen LogP contribution in [0.2, 0.25) is 0 Å². The maximum Gasteiger partial charge on any atom is 0.341 e. The zero-order valence-electron chi connectivity index (χ0n) is 15.2. The van der Waals surface area contributed by atoms with Crippen molar-refractivity contribution in [1.29, 1.82) is 0 Å². The van der Waals surface area contributed by atoms with Gasteiger partial charge in [0, 0.05) is 23.9 Å². The van der Waals surface area contributed by atoms with Gasteiger partial charge >= 0.3 is 5.97 Å². The first-order chi connectivity index (χ1) is 12.2. The van der Waals surface area contributed by atoms with E-state index in [2.05, 4.69) is 20.8 Å². The number of hydrogen-bond donors (Lipinski definition) is 2. The van der Waals surface area contributed by atoms with E-state index in [-0.39, 0.29) is 17.0 Å². The summed E-state index contributed by atoms with van der Waals surface area (Å²) in [5, 5.41) is 9.34. The van der Waals surface area contributed by atoms with Gasteiger partial charge in [0.15, 0.2) is 16.9 Å². The van der Waals surface area contributed by atoms with Crippen molar-refractivity contribution in [2.24, 2.45) is 11.3 Å². The fraction of sp³-hybridized carbons (Fsp3) is 0.368. The van der Waals surface area contributed by atoms with Crippen LogP contribution >= 0.6 is 0 Å². The summed E-state index contributed by atoms with van der Waals surface area (Å²) in [7, 11) is 1.51. The summed E-state index contributed by atoms with van der Waals surface area (Å²) >= 11 is 0. The molecule has 7 nitrogen and oxygen atoms in total. The smallest absolute Gasteiger partial charge is 0.341 e. The molecule has 0 aliphatic carbocycles. The van der Waals surface area contributed by atoms with E-state index in [1.54, 1.807) is 6.07 Å². The Balaban J connectivity index is 2.34. The lowest BCUT2D eigenvalue weighted by Gasteiger charge is -2.39. The lowest BCUT2D eigenvalue weighted by molar-refractivity contribution is 0.0693. The molecule has 26 heavy (non-hydrogen) atoms. The van der Waals surface area contributed by atoms with E-state index in [4.69, 9.17) is 15.5 Å². The Labute approximate surface area is 150 Å². The number of carboxylic acid groups (broad SMARTS) is 1. The maximum absolute atomic E-state index is 12.3. The van der Waals surface area contributed by atoms with Gasteiger partial charge in [-0.3, -0.25) is 4.79 Å². The van der Waals surface area contributed by atoms with Crippen molar-refractivity contribution in [3.63, 3.8) is 0 Å². The van der Waals surface area contributed by atoms with E-state index >= 15 is 0 Å². The number of nitrogens with two attached hydrogens (primary N) is 1. The normalized spacial score (nSPS) is 15.8. The molecule has 1 aliphatic rings. The zero-order valence-corrected chi connectivity index (χ0v) is 15.2. The Morgan fingerprint density at radius 2 is 1.96 bits per heavy atom. The van der Waals surface area contributed by atoms with Crippen LogP contribution in [0.15, 0.2) is 29.2 Å². The topological polar surface area (TPSA) is 104 Å². The van der Waals surface area contributed by atoms with Gasteiger partial charge in [-0.15, -0.1) is 0 Å². The largest absolute Gasteiger partial charge is 0.493 e. The molecule has 2 aromatic rings. The first kappa shape index (κ1) is 18.0. The number of benzene rings is 1. The molecule has 1 aromatic carbocycles. The number of carbonyl (C=O) groups is 1. The predicted octanol–water partition coefficient (Wildman–Crippen LogP) is 2.62. The Hall–Kier alpha value is -2.80.